The number of hydrogen-bond acceptors (Lipinski definition) is 3. The van der Waals surface area contributed by atoms with Crippen LogP contribution in [0.1, 0.15) is 51.4 Å². The van der Waals surface area contributed by atoms with Gasteiger partial charge in [-0.15, -0.1) is 0 Å². The minimum Gasteiger partial charge on any atom is -0.385 e. The molecular formula is C19H36N4O2. The number of amides is 1. The van der Waals surface area contributed by atoms with Gasteiger partial charge in [-0.3, -0.25) is 4.79 Å². The van der Waals surface area contributed by atoms with Crippen molar-refractivity contribution in [1.29, 1.82) is 0 Å². The fraction of sp³-hybridized carbons (Fsp3) is 0.895. The molecule has 2 saturated carbocycles. The molecule has 6 nitrogen and oxygen atoms in total. The Morgan fingerprint density at radius 1 is 1.20 bits per heavy atom. The summed E-state index contributed by atoms with van der Waals surface area (Å²) in [5.74, 6) is 1.54. The summed E-state index contributed by atoms with van der Waals surface area (Å²) >= 11 is 0. The number of nitrogens with one attached hydrogen (secondary N) is 2. The van der Waals surface area contributed by atoms with E-state index >= 15 is 0 Å². The molecule has 6 heteroatoms. The van der Waals surface area contributed by atoms with Gasteiger partial charge in [-0.05, 0) is 43.4 Å². The average molecular weight is 353 g/mol. The molecule has 0 aromatic heterocycles. The molecular weight excluding hydrogens is 316 g/mol. The Hall–Kier alpha value is -1.30. The van der Waals surface area contributed by atoms with Crippen molar-refractivity contribution < 1.29 is 9.53 Å². The van der Waals surface area contributed by atoms with Gasteiger partial charge >= 0.3 is 0 Å². The SMILES string of the molecule is COCCC1(CNC(=NCC(=O)N(C)C)NCC2CCCCC2)CC1. The lowest BCUT2D eigenvalue weighted by Gasteiger charge is -2.24. The number of hydrogen-bond donors (Lipinski definition) is 2. The van der Waals surface area contributed by atoms with E-state index in [9.17, 15) is 4.79 Å². The Labute approximate surface area is 152 Å². The first kappa shape index (κ1) is 20.0. The molecule has 0 atom stereocenters. The lowest BCUT2D eigenvalue weighted by atomic mass is 9.89. The van der Waals surface area contributed by atoms with Gasteiger partial charge in [-0.1, -0.05) is 19.3 Å². The molecule has 2 rings (SSSR count). The fourth-order valence-electron chi connectivity index (χ4n) is 3.38. The van der Waals surface area contributed by atoms with Crippen LogP contribution >= 0.6 is 0 Å². The highest BCUT2D eigenvalue weighted by atomic mass is 16.5. The van der Waals surface area contributed by atoms with Crippen molar-refractivity contribution >= 4 is 11.9 Å². The molecule has 2 aliphatic carbocycles. The lowest BCUT2D eigenvalue weighted by molar-refractivity contribution is -0.127. The average Bonchev–Trinajstić information content (AvgIpc) is 3.40. The predicted octanol–water partition coefficient (Wildman–Crippen LogP) is 2.01. The van der Waals surface area contributed by atoms with E-state index in [1.807, 2.05) is 0 Å². The Morgan fingerprint density at radius 2 is 1.92 bits per heavy atom. The number of nitrogens with zero attached hydrogens (tertiary/aromatic N) is 2. The second-order valence-corrected chi connectivity index (χ2v) is 7.93. The van der Waals surface area contributed by atoms with E-state index in [1.54, 1.807) is 26.1 Å². The van der Waals surface area contributed by atoms with Crippen LogP contribution in [-0.2, 0) is 9.53 Å². The second kappa shape index (κ2) is 10.00. The van der Waals surface area contributed by atoms with Gasteiger partial charge in [0.25, 0.3) is 0 Å². The van der Waals surface area contributed by atoms with Crippen LogP contribution in [-0.4, -0.2) is 64.2 Å². The van der Waals surface area contributed by atoms with Crippen molar-refractivity contribution in [2.45, 2.75) is 51.4 Å². The van der Waals surface area contributed by atoms with Crippen LogP contribution in [0, 0.1) is 11.3 Å². The van der Waals surface area contributed by atoms with Crippen LogP contribution in [0.25, 0.3) is 0 Å². The van der Waals surface area contributed by atoms with Gasteiger partial charge < -0.3 is 20.3 Å². The summed E-state index contributed by atoms with van der Waals surface area (Å²) in [7, 11) is 5.30. The molecule has 2 N–H and O–H groups in total. The minimum atomic E-state index is 0.0271. The molecule has 0 bridgehead atoms. The smallest absolute Gasteiger partial charge is 0.243 e. The van der Waals surface area contributed by atoms with Crippen molar-refractivity contribution in [2.75, 3.05) is 47.4 Å². The summed E-state index contributed by atoms with van der Waals surface area (Å²) < 4.78 is 5.23. The Bertz CT molecular complexity index is 441. The molecule has 0 heterocycles. The van der Waals surface area contributed by atoms with Gasteiger partial charge in [-0.2, -0.15) is 0 Å². The van der Waals surface area contributed by atoms with E-state index in [4.69, 9.17) is 4.74 Å². The number of rotatable bonds is 9. The monoisotopic (exact) mass is 352 g/mol. The topological polar surface area (TPSA) is 66.0 Å². The number of likely N-dealkylation sites (N-methyl/N-ethyl adjacent to an activating group) is 1. The lowest BCUT2D eigenvalue weighted by Crippen LogP contribution is -2.43. The van der Waals surface area contributed by atoms with E-state index in [2.05, 4.69) is 15.6 Å². The summed E-state index contributed by atoms with van der Waals surface area (Å²) in [4.78, 5) is 18.0. The number of ether oxygens (including phenoxy) is 1. The molecule has 0 aromatic rings. The molecule has 2 fully saturated rings. The van der Waals surface area contributed by atoms with Crippen LogP contribution in [0.2, 0.25) is 0 Å². The number of guanidine groups is 1. The molecule has 0 unspecified atom stereocenters. The van der Waals surface area contributed by atoms with Crippen molar-refractivity contribution in [3.8, 4) is 0 Å². The van der Waals surface area contributed by atoms with E-state index in [0.29, 0.717) is 5.41 Å². The first-order valence-corrected chi connectivity index (χ1v) is 9.76. The third-order valence-corrected chi connectivity index (χ3v) is 5.58. The minimum absolute atomic E-state index is 0.0271. The van der Waals surface area contributed by atoms with Crippen molar-refractivity contribution in [2.24, 2.45) is 16.3 Å². The molecule has 0 aliphatic heterocycles. The van der Waals surface area contributed by atoms with Gasteiger partial charge in [0.05, 0.1) is 0 Å². The molecule has 144 valence electrons. The molecule has 25 heavy (non-hydrogen) atoms. The molecule has 0 saturated heterocycles. The largest absolute Gasteiger partial charge is 0.385 e. The second-order valence-electron chi connectivity index (χ2n) is 7.93. The zero-order chi connectivity index (χ0) is 18.1. The molecule has 2 aliphatic rings. The molecule has 1 amide bonds. The van der Waals surface area contributed by atoms with Crippen LogP contribution in [0.5, 0.6) is 0 Å². The molecule has 0 spiro atoms. The maximum Gasteiger partial charge on any atom is 0.243 e. The van der Waals surface area contributed by atoms with Gasteiger partial charge in [0.1, 0.15) is 6.54 Å². The van der Waals surface area contributed by atoms with Gasteiger partial charge in [0, 0.05) is 40.9 Å². The Morgan fingerprint density at radius 3 is 2.52 bits per heavy atom. The van der Waals surface area contributed by atoms with Crippen molar-refractivity contribution in [1.82, 2.24) is 15.5 Å². The van der Waals surface area contributed by atoms with Crippen LogP contribution in [0.15, 0.2) is 4.99 Å². The Kier molecular flexibility index (Phi) is 8.00. The maximum atomic E-state index is 11.9. The fourth-order valence-corrected chi connectivity index (χ4v) is 3.38. The summed E-state index contributed by atoms with van der Waals surface area (Å²) in [5, 5.41) is 6.95. The summed E-state index contributed by atoms with van der Waals surface area (Å²) in [6.45, 7) is 2.86. The highest BCUT2D eigenvalue weighted by Gasteiger charge is 2.41. The molecule has 0 radical (unpaired) electrons. The normalized spacial score (nSPS) is 20.2. The van der Waals surface area contributed by atoms with Crippen LogP contribution in [0.3, 0.4) is 0 Å². The van der Waals surface area contributed by atoms with Gasteiger partial charge in [-0.25, -0.2) is 4.99 Å². The van der Waals surface area contributed by atoms with Crippen molar-refractivity contribution in [3.05, 3.63) is 0 Å². The van der Waals surface area contributed by atoms with E-state index in [-0.39, 0.29) is 12.5 Å². The maximum absolute atomic E-state index is 11.9. The van der Waals surface area contributed by atoms with E-state index in [1.165, 1.54) is 44.9 Å². The van der Waals surface area contributed by atoms with Crippen molar-refractivity contribution in [3.63, 3.8) is 0 Å². The van der Waals surface area contributed by atoms with Crippen LogP contribution in [0.4, 0.5) is 0 Å². The number of methoxy groups -OCH3 is 1. The highest BCUT2D eigenvalue weighted by Crippen LogP contribution is 2.48. The third kappa shape index (κ3) is 7.22. The number of carbonyl (C=O) groups excluding carboxylic acids is 1. The summed E-state index contributed by atoms with van der Waals surface area (Å²) in [5.41, 5.74) is 0.356. The summed E-state index contributed by atoms with van der Waals surface area (Å²) in [6, 6.07) is 0. The standard InChI is InChI=1S/C19H36N4O2/c1-23(2)17(24)14-21-18(20-13-16-7-5-4-6-8-16)22-15-19(9-10-19)11-12-25-3/h16H,4-15H2,1-3H3,(H2,20,21,22). The van der Waals surface area contributed by atoms with Crippen LogP contribution < -0.4 is 10.6 Å². The number of carbonyl (C=O) groups is 1. The quantitative estimate of drug-likeness (QED) is 0.492. The number of aliphatic imine (C=N–C) groups is 1. The predicted molar refractivity (Wildman–Crippen MR) is 102 cm³/mol. The zero-order valence-corrected chi connectivity index (χ0v) is 16.3. The first-order valence-electron chi connectivity index (χ1n) is 9.76. The zero-order valence-electron chi connectivity index (χ0n) is 16.3. The van der Waals surface area contributed by atoms with E-state index < -0.39 is 0 Å². The van der Waals surface area contributed by atoms with Gasteiger partial charge in [0.15, 0.2) is 5.96 Å². The third-order valence-electron chi connectivity index (χ3n) is 5.58. The first-order chi connectivity index (χ1) is 12.0. The van der Waals surface area contributed by atoms with Gasteiger partial charge in [0.2, 0.25) is 5.91 Å². The molecule has 0 aromatic carbocycles. The highest BCUT2D eigenvalue weighted by molar-refractivity contribution is 5.84. The van der Waals surface area contributed by atoms with E-state index in [0.717, 1.165) is 38.0 Å². The Balaban J connectivity index is 1.84. The summed E-state index contributed by atoms with van der Waals surface area (Å²) in [6.07, 6.45) is 10.2.